The van der Waals surface area contributed by atoms with Gasteiger partial charge in [0, 0.05) is 0 Å². The van der Waals surface area contributed by atoms with Gasteiger partial charge in [-0.05, 0) is 24.1 Å². The molecule has 1 aliphatic heterocycles. The first-order valence-electron chi connectivity index (χ1n) is 5.57. The number of rotatable bonds is 3. The third kappa shape index (κ3) is 1.81. The SMILES string of the molecule is CCC(C#N)C1(c2ccc(F)c(F)c2)COC1. The third-order valence-corrected chi connectivity index (χ3v) is 3.44. The van der Waals surface area contributed by atoms with Gasteiger partial charge in [0.05, 0.1) is 30.6 Å². The van der Waals surface area contributed by atoms with Crippen molar-refractivity contribution in [2.75, 3.05) is 13.2 Å². The monoisotopic (exact) mass is 237 g/mol. The van der Waals surface area contributed by atoms with Crippen molar-refractivity contribution in [1.29, 1.82) is 5.26 Å². The van der Waals surface area contributed by atoms with Gasteiger partial charge in [0.1, 0.15) is 0 Å². The lowest BCUT2D eigenvalue weighted by molar-refractivity contribution is -0.0806. The molecule has 1 fully saturated rings. The van der Waals surface area contributed by atoms with Crippen molar-refractivity contribution < 1.29 is 13.5 Å². The molecule has 2 nitrogen and oxygen atoms in total. The van der Waals surface area contributed by atoms with Crippen molar-refractivity contribution in [2.45, 2.75) is 18.8 Å². The molecule has 90 valence electrons. The Morgan fingerprint density at radius 2 is 2.12 bits per heavy atom. The van der Waals surface area contributed by atoms with Crippen LogP contribution in [0, 0.1) is 28.9 Å². The van der Waals surface area contributed by atoms with Crippen molar-refractivity contribution in [3.63, 3.8) is 0 Å². The molecule has 1 atom stereocenters. The zero-order valence-electron chi connectivity index (χ0n) is 9.54. The van der Waals surface area contributed by atoms with Crippen LogP contribution in [-0.2, 0) is 10.2 Å². The van der Waals surface area contributed by atoms with Crippen LogP contribution in [0.1, 0.15) is 18.9 Å². The normalized spacial score (nSPS) is 19.2. The van der Waals surface area contributed by atoms with Crippen LogP contribution in [0.15, 0.2) is 18.2 Å². The van der Waals surface area contributed by atoms with E-state index in [1.807, 2.05) is 6.92 Å². The number of hydrogen-bond donors (Lipinski definition) is 0. The Balaban J connectivity index is 2.41. The average molecular weight is 237 g/mol. The second kappa shape index (κ2) is 4.42. The maximum Gasteiger partial charge on any atom is 0.159 e. The largest absolute Gasteiger partial charge is 0.379 e. The van der Waals surface area contributed by atoms with Gasteiger partial charge in [0.2, 0.25) is 0 Å². The van der Waals surface area contributed by atoms with E-state index in [1.54, 1.807) is 6.07 Å². The molecule has 0 saturated carbocycles. The quantitative estimate of drug-likeness (QED) is 0.809. The summed E-state index contributed by atoms with van der Waals surface area (Å²) in [5, 5.41) is 9.14. The van der Waals surface area contributed by atoms with E-state index in [1.165, 1.54) is 6.07 Å². The number of ether oxygens (including phenoxy) is 1. The van der Waals surface area contributed by atoms with Crippen LogP contribution in [0.4, 0.5) is 8.78 Å². The molecule has 0 bridgehead atoms. The van der Waals surface area contributed by atoms with Gasteiger partial charge >= 0.3 is 0 Å². The summed E-state index contributed by atoms with van der Waals surface area (Å²) in [7, 11) is 0. The first-order chi connectivity index (χ1) is 8.14. The maximum absolute atomic E-state index is 13.2. The molecule has 0 N–H and O–H groups in total. The Kier molecular flexibility index (Phi) is 3.12. The van der Waals surface area contributed by atoms with Gasteiger partial charge in [0.25, 0.3) is 0 Å². The van der Waals surface area contributed by atoms with Crippen molar-refractivity contribution in [3.05, 3.63) is 35.4 Å². The predicted molar refractivity (Wildman–Crippen MR) is 58.2 cm³/mol. The Bertz CT molecular complexity index is 463. The van der Waals surface area contributed by atoms with Gasteiger partial charge in [-0.2, -0.15) is 5.26 Å². The second-order valence-electron chi connectivity index (χ2n) is 4.37. The lowest BCUT2D eigenvalue weighted by atomic mass is 9.68. The standard InChI is InChI=1S/C13H13F2NO/c1-2-9(6-16)13(7-17-8-13)10-3-4-11(14)12(15)5-10/h3-5,9H,2,7-8H2,1H3. The van der Waals surface area contributed by atoms with Gasteiger partial charge in [-0.15, -0.1) is 0 Å². The highest BCUT2D eigenvalue weighted by molar-refractivity contribution is 5.32. The van der Waals surface area contributed by atoms with Crippen LogP contribution in [0.5, 0.6) is 0 Å². The number of nitriles is 1. The predicted octanol–water partition coefficient (Wildman–Crippen LogP) is 2.78. The minimum Gasteiger partial charge on any atom is -0.379 e. The Hall–Kier alpha value is -1.47. The van der Waals surface area contributed by atoms with Crippen molar-refractivity contribution in [1.82, 2.24) is 0 Å². The van der Waals surface area contributed by atoms with E-state index in [4.69, 9.17) is 10.00 Å². The lowest BCUT2D eigenvalue weighted by Crippen LogP contribution is -2.52. The molecular weight excluding hydrogens is 224 g/mol. The highest BCUT2D eigenvalue weighted by Gasteiger charge is 2.47. The van der Waals surface area contributed by atoms with Crippen LogP contribution in [0.3, 0.4) is 0 Å². The van der Waals surface area contributed by atoms with Gasteiger partial charge in [-0.3, -0.25) is 0 Å². The number of hydrogen-bond acceptors (Lipinski definition) is 2. The second-order valence-corrected chi connectivity index (χ2v) is 4.37. The fourth-order valence-electron chi connectivity index (χ4n) is 2.30. The third-order valence-electron chi connectivity index (χ3n) is 3.44. The molecule has 1 aromatic carbocycles. The highest BCUT2D eigenvalue weighted by Crippen LogP contribution is 2.41. The Labute approximate surface area is 98.8 Å². The zero-order valence-corrected chi connectivity index (χ0v) is 9.54. The first-order valence-corrected chi connectivity index (χ1v) is 5.57. The van der Waals surface area contributed by atoms with Crippen LogP contribution in [-0.4, -0.2) is 13.2 Å². The van der Waals surface area contributed by atoms with Crippen LogP contribution < -0.4 is 0 Å². The fourth-order valence-corrected chi connectivity index (χ4v) is 2.30. The number of halogens is 2. The highest BCUT2D eigenvalue weighted by atomic mass is 19.2. The summed E-state index contributed by atoms with van der Waals surface area (Å²) < 4.78 is 31.3. The summed E-state index contributed by atoms with van der Waals surface area (Å²) in [6.45, 7) is 2.70. The molecule has 4 heteroatoms. The van der Waals surface area contributed by atoms with Crippen molar-refractivity contribution >= 4 is 0 Å². The molecule has 0 aliphatic carbocycles. The van der Waals surface area contributed by atoms with Crippen LogP contribution >= 0.6 is 0 Å². The summed E-state index contributed by atoms with van der Waals surface area (Å²) in [4.78, 5) is 0. The fraction of sp³-hybridized carbons (Fsp3) is 0.462. The molecule has 1 aromatic rings. The molecule has 1 unspecified atom stereocenters. The van der Waals surface area contributed by atoms with E-state index < -0.39 is 17.0 Å². The zero-order chi connectivity index (χ0) is 12.5. The minimum absolute atomic E-state index is 0.235. The van der Waals surface area contributed by atoms with Crippen LogP contribution in [0.25, 0.3) is 0 Å². The van der Waals surface area contributed by atoms with Gasteiger partial charge in [-0.1, -0.05) is 13.0 Å². The average Bonchev–Trinajstić information content (AvgIpc) is 2.27. The molecule has 1 saturated heterocycles. The smallest absolute Gasteiger partial charge is 0.159 e. The lowest BCUT2D eigenvalue weighted by Gasteiger charge is -2.44. The summed E-state index contributed by atoms with van der Waals surface area (Å²) in [5.74, 6) is -1.98. The van der Waals surface area contributed by atoms with E-state index in [-0.39, 0.29) is 5.92 Å². The molecule has 17 heavy (non-hydrogen) atoms. The Morgan fingerprint density at radius 3 is 2.53 bits per heavy atom. The summed E-state index contributed by atoms with van der Waals surface area (Å²) >= 11 is 0. The molecule has 0 amide bonds. The summed E-state index contributed by atoms with van der Waals surface area (Å²) in [5.41, 5.74) is 0.175. The molecule has 0 aromatic heterocycles. The van der Waals surface area contributed by atoms with Crippen LogP contribution in [0.2, 0.25) is 0 Å². The van der Waals surface area contributed by atoms with E-state index in [0.29, 0.717) is 25.2 Å². The van der Waals surface area contributed by atoms with Gasteiger partial charge in [-0.25, -0.2) is 8.78 Å². The van der Waals surface area contributed by atoms with E-state index in [0.717, 1.165) is 6.07 Å². The topological polar surface area (TPSA) is 33.0 Å². The first kappa shape index (κ1) is 12.0. The molecule has 2 rings (SSSR count). The molecule has 1 aliphatic rings. The van der Waals surface area contributed by atoms with E-state index in [2.05, 4.69) is 6.07 Å². The van der Waals surface area contributed by atoms with E-state index >= 15 is 0 Å². The molecule has 0 spiro atoms. The molecular formula is C13H13F2NO. The Morgan fingerprint density at radius 1 is 1.41 bits per heavy atom. The van der Waals surface area contributed by atoms with Gasteiger partial charge < -0.3 is 4.74 Å². The number of nitrogens with zero attached hydrogens (tertiary/aromatic N) is 1. The van der Waals surface area contributed by atoms with E-state index in [9.17, 15) is 8.78 Å². The minimum atomic E-state index is -0.874. The molecule has 0 radical (unpaired) electrons. The summed E-state index contributed by atoms with van der Waals surface area (Å²) in [6.07, 6.45) is 0.666. The van der Waals surface area contributed by atoms with Crippen molar-refractivity contribution in [2.24, 2.45) is 5.92 Å². The number of benzene rings is 1. The van der Waals surface area contributed by atoms with Gasteiger partial charge in [0.15, 0.2) is 11.6 Å². The van der Waals surface area contributed by atoms with Crippen molar-refractivity contribution in [3.8, 4) is 6.07 Å². The summed E-state index contributed by atoms with van der Waals surface area (Å²) in [6, 6.07) is 6.06. The molecule has 1 heterocycles. The maximum atomic E-state index is 13.2.